The molecule has 2 aliphatic rings. The fourth-order valence-electron chi connectivity index (χ4n) is 3.14. The average Bonchev–Trinajstić information content (AvgIpc) is 2.69. The Kier molecular flexibility index (Phi) is 3.18. The van der Waals surface area contributed by atoms with Gasteiger partial charge in [-0.3, -0.25) is 4.79 Å². The van der Waals surface area contributed by atoms with E-state index >= 15 is 0 Å². The summed E-state index contributed by atoms with van der Waals surface area (Å²) in [5, 5.41) is 8.80. The highest BCUT2D eigenvalue weighted by molar-refractivity contribution is 5.98. The third-order valence-electron chi connectivity index (χ3n) is 4.39. The maximum Gasteiger partial charge on any atom is 0.328 e. The second kappa shape index (κ2) is 4.38. The van der Waals surface area contributed by atoms with E-state index in [2.05, 4.69) is 13.8 Å². The molecule has 2 aliphatic carbocycles. The predicted molar refractivity (Wildman–Crippen MR) is 69.2 cm³/mol. The van der Waals surface area contributed by atoms with Gasteiger partial charge in [0.05, 0.1) is 0 Å². The number of hydrogen-bond donors (Lipinski definition) is 1. The molecule has 1 unspecified atom stereocenters. The number of carbonyl (C=O) groups excluding carboxylic acids is 1. The third-order valence-corrected chi connectivity index (χ3v) is 4.39. The van der Waals surface area contributed by atoms with Gasteiger partial charge in [0.15, 0.2) is 5.78 Å². The minimum absolute atomic E-state index is 0.0987. The van der Waals surface area contributed by atoms with Crippen molar-refractivity contribution in [3.8, 4) is 0 Å². The Hall–Kier alpha value is -1.38. The van der Waals surface area contributed by atoms with Gasteiger partial charge in [-0.15, -0.1) is 0 Å². The number of rotatable bonds is 2. The highest BCUT2D eigenvalue weighted by Crippen LogP contribution is 2.49. The van der Waals surface area contributed by atoms with Crippen LogP contribution in [0.25, 0.3) is 0 Å². The number of carboxylic acid groups (broad SMARTS) is 1. The van der Waals surface area contributed by atoms with Crippen LogP contribution in [0.3, 0.4) is 0 Å². The summed E-state index contributed by atoms with van der Waals surface area (Å²) >= 11 is 0. The summed E-state index contributed by atoms with van der Waals surface area (Å²) in [7, 11) is 0. The Labute approximate surface area is 108 Å². The molecule has 98 valence electrons. The molecule has 18 heavy (non-hydrogen) atoms. The van der Waals surface area contributed by atoms with Crippen molar-refractivity contribution in [3.63, 3.8) is 0 Å². The molecule has 2 rings (SSSR count). The molecule has 0 aromatic heterocycles. The van der Waals surface area contributed by atoms with Crippen molar-refractivity contribution in [2.24, 2.45) is 11.3 Å². The molecule has 1 atom stereocenters. The van der Waals surface area contributed by atoms with E-state index in [-0.39, 0.29) is 17.1 Å². The number of aliphatic carboxylic acids is 1. The minimum Gasteiger partial charge on any atom is -0.478 e. The molecule has 0 radical (unpaired) electrons. The number of carboxylic acids is 1. The van der Waals surface area contributed by atoms with E-state index in [1.54, 1.807) is 0 Å². The van der Waals surface area contributed by atoms with Gasteiger partial charge in [-0.05, 0) is 43.1 Å². The van der Waals surface area contributed by atoms with Crippen LogP contribution < -0.4 is 0 Å². The number of Topliss-reactive ketones (excluding diaryl/α,β-unsaturated/α-hetero) is 1. The molecular weight excluding hydrogens is 228 g/mol. The van der Waals surface area contributed by atoms with Crippen LogP contribution in [0.2, 0.25) is 0 Å². The van der Waals surface area contributed by atoms with Crippen LogP contribution in [0.15, 0.2) is 22.8 Å². The first-order valence-corrected chi connectivity index (χ1v) is 6.48. The molecule has 3 nitrogen and oxygen atoms in total. The second-order valence-corrected chi connectivity index (χ2v) is 6.10. The SMILES string of the molecule is CC(=CC(=O)O)C1CC2=C(C1)C(C)(C)CCC2=O. The summed E-state index contributed by atoms with van der Waals surface area (Å²) in [5.41, 5.74) is 3.22. The molecule has 0 saturated carbocycles. The van der Waals surface area contributed by atoms with Crippen molar-refractivity contribution >= 4 is 11.8 Å². The second-order valence-electron chi connectivity index (χ2n) is 6.10. The lowest BCUT2D eigenvalue weighted by Crippen LogP contribution is -2.23. The van der Waals surface area contributed by atoms with E-state index in [1.165, 1.54) is 11.6 Å². The molecule has 0 bridgehead atoms. The molecule has 0 aromatic rings. The van der Waals surface area contributed by atoms with E-state index < -0.39 is 5.97 Å². The standard InChI is InChI=1S/C15H20O3/c1-9(6-14(17)18)10-7-11-12(8-10)15(2,3)5-4-13(11)16/h6,10H,4-5,7-8H2,1-3H3,(H,17,18). The quantitative estimate of drug-likeness (QED) is 0.764. The third kappa shape index (κ3) is 2.26. The van der Waals surface area contributed by atoms with Crippen LogP contribution in [0, 0.1) is 11.3 Å². The van der Waals surface area contributed by atoms with Gasteiger partial charge >= 0.3 is 5.97 Å². The van der Waals surface area contributed by atoms with E-state index in [1.807, 2.05) is 6.92 Å². The normalized spacial score (nSPS) is 27.4. The highest BCUT2D eigenvalue weighted by atomic mass is 16.4. The summed E-state index contributed by atoms with van der Waals surface area (Å²) in [6.45, 7) is 6.23. The first-order valence-electron chi connectivity index (χ1n) is 6.48. The van der Waals surface area contributed by atoms with Crippen molar-refractivity contribution in [2.45, 2.75) is 46.5 Å². The first-order chi connectivity index (χ1) is 8.31. The zero-order chi connectivity index (χ0) is 13.5. The van der Waals surface area contributed by atoms with Crippen molar-refractivity contribution in [1.82, 2.24) is 0 Å². The Morgan fingerprint density at radius 1 is 1.39 bits per heavy atom. The molecule has 0 amide bonds. The van der Waals surface area contributed by atoms with Crippen LogP contribution in [0.1, 0.15) is 46.5 Å². The Morgan fingerprint density at radius 2 is 2.06 bits per heavy atom. The smallest absolute Gasteiger partial charge is 0.328 e. The van der Waals surface area contributed by atoms with Gasteiger partial charge in [0.25, 0.3) is 0 Å². The van der Waals surface area contributed by atoms with E-state index in [9.17, 15) is 9.59 Å². The summed E-state index contributed by atoms with van der Waals surface area (Å²) in [5.74, 6) is -0.426. The van der Waals surface area contributed by atoms with Gasteiger partial charge < -0.3 is 5.11 Å². The number of allylic oxidation sites excluding steroid dienone is 3. The molecule has 0 heterocycles. The minimum atomic E-state index is -0.900. The van der Waals surface area contributed by atoms with Crippen molar-refractivity contribution in [2.75, 3.05) is 0 Å². The van der Waals surface area contributed by atoms with Gasteiger partial charge in [-0.25, -0.2) is 4.79 Å². The van der Waals surface area contributed by atoms with Gasteiger partial charge in [-0.1, -0.05) is 25.0 Å². The van der Waals surface area contributed by atoms with E-state index in [0.717, 1.165) is 30.4 Å². The van der Waals surface area contributed by atoms with E-state index in [4.69, 9.17) is 5.11 Å². The maximum atomic E-state index is 12.0. The average molecular weight is 248 g/mol. The molecule has 3 heteroatoms. The topological polar surface area (TPSA) is 54.4 Å². The van der Waals surface area contributed by atoms with Crippen LogP contribution in [0.5, 0.6) is 0 Å². The summed E-state index contributed by atoms with van der Waals surface area (Å²) in [6, 6.07) is 0. The first kappa shape index (κ1) is 13.1. The fourth-order valence-corrected chi connectivity index (χ4v) is 3.14. The lowest BCUT2D eigenvalue weighted by Gasteiger charge is -2.31. The Balaban J connectivity index is 2.25. The van der Waals surface area contributed by atoms with Gasteiger partial charge in [-0.2, -0.15) is 0 Å². The van der Waals surface area contributed by atoms with E-state index in [0.29, 0.717) is 6.42 Å². The Morgan fingerprint density at radius 3 is 2.61 bits per heavy atom. The van der Waals surface area contributed by atoms with Gasteiger partial charge in [0.1, 0.15) is 0 Å². The predicted octanol–water partition coefficient (Wildman–Crippen LogP) is 3.11. The van der Waals surface area contributed by atoms with Crippen LogP contribution >= 0.6 is 0 Å². The zero-order valence-electron chi connectivity index (χ0n) is 11.2. The molecule has 0 saturated heterocycles. The van der Waals surface area contributed by atoms with Gasteiger partial charge in [0, 0.05) is 12.5 Å². The Bertz CT molecular complexity index is 466. The van der Waals surface area contributed by atoms with Crippen LogP contribution in [0.4, 0.5) is 0 Å². The van der Waals surface area contributed by atoms with Crippen LogP contribution in [-0.2, 0) is 9.59 Å². The highest BCUT2D eigenvalue weighted by Gasteiger charge is 2.40. The van der Waals surface area contributed by atoms with Crippen molar-refractivity contribution < 1.29 is 14.7 Å². The lowest BCUT2D eigenvalue weighted by atomic mass is 9.73. The molecular formula is C15H20O3. The molecule has 0 aromatic carbocycles. The number of ketones is 1. The molecule has 0 fully saturated rings. The van der Waals surface area contributed by atoms with Crippen molar-refractivity contribution in [3.05, 3.63) is 22.8 Å². The summed E-state index contributed by atoms with van der Waals surface area (Å²) in [6.07, 6.45) is 4.41. The van der Waals surface area contributed by atoms with Crippen LogP contribution in [-0.4, -0.2) is 16.9 Å². The molecule has 0 spiro atoms. The maximum absolute atomic E-state index is 12.0. The zero-order valence-corrected chi connectivity index (χ0v) is 11.2. The van der Waals surface area contributed by atoms with Gasteiger partial charge in [0.2, 0.25) is 0 Å². The monoisotopic (exact) mass is 248 g/mol. The molecule has 0 aliphatic heterocycles. The largest absolute Gasteiger partial charge is 0.478 e. The molecule has 1 N–H and O–H groups in total. The fraction of sp³-hybridized carbons (Fsp3) is 0.600. The lowest BCUT2D eigenvalue weighted by molar-refractivity contribution is -0.131. The number of carbonyl (C=O) groups is 2. The number of hydrogen-bond acceptors (Lipinski definition) is 2. The summed E-state index contributed by atoms with van der Waals surface area (Å²) in [4.78, 5) is 22.7. The summed E-state index contributed by atoms with van der Waals surface area (Å²) < 4.78 is 0. The van der Waals surface area contributed by atoms with Crippen molar-refractivity contribution in [1.29, 1.82) is 0 Å².